The molecule has 2 nitrogen and oxygen atoms in total. The Bertz CT molecular complexity index is 382. The van der Waals surface area contributed by atoms with Crippen molar-refractivity contribution in [1.29, 1.82) is 0 Å². The molecular weight excluding hydrogens is 281 g/mol. The highest BCUT2D eigenvalue weighted by atomic mass is 35.5. The van der Waals surface area contributed by atoms with Crippen molar-refractivity contribution in [2.75, 3.05) is 26.8 Å². The van der Waals surface area contributed by atoms with E-state index < -0.39 is 0 Å². The van der Waals surface area contributed by atoms with Crippen LogP contribution in [0, 0.1) is 11.8 Å². The van der Waals surface area contributed by atoms with Crippen LogP contribution in [0.1, 0.15) is 19.4 Å². The molecule has 0 aliphatic heterocycles. The molecular formula is C15H23Cl2NO. The summed E-state index contributed by atoms with van der Waals surface area (Å²) in [5, 5.41) is 4.96. The first kappa shape index (κ1) is 16.8. The lowest BCUT2D eigenvalue weighted by Gasteiger charge is -2.22. The second-order valence-electron chi connectivity index (χ2n) is 5.14. The summed E-state index contributed by atoms with van der Waals surface area (Å²) in [6.45, 7) is 7.05. The van der Waals surface area contributed by atoms with Gasteiger partial charge in [0.2, 0.25) is 0 Å². The Balaban J connectivity index is 2.59. The zero-order valence-corrected chi connectivity index (χ0v) is 13.4. The van der Waals surface area contributed by atoms with Crippen LogP contribution in [0.5, 0.6) is 0 Å². The molecule has 19 heavy (non-hydrogen) atoms. The smallest absolute Gasteiger partial charge is 0.0587 e. The van der Waals surface area contributed by atoms with E-state index in [1.807, 2.05) is 18.2 Å². The highest BCUT2D eigenvalue weighted by Crippen LogP contribution is 2.25. The quantitative estimate of drug-likeness (QED) is 0.732. The summed E-state index contributed by atoms with van der Waals surface area (Å²) in [5.74, 6) is 1.12. The summed E-state index contributed by atoms with van der Waals surface area (Å²) >= 11 is 12.3. The molecule has 0 amide bonds. The maximum atomic E-state index is 6.23. The predicted molar refractivity (Wildman–Crippen MR) is 83.2 cm³/mol. The zero-order valence-electron chi connectivity index (χ0n) is 11.9. The largest absolute Gasteiger partial charge is 0.383 e. The van der Waals surface area contributed by atoms with Gasteiger partial charge in [0.15, 0.2) is 0 Å². The summed E-state index contributed by atoms with van der Waals surface area (Å²) in [6.07, 6.45) is 0.942. The molecule has 0 saturated carbocycles. The Morgan fingerprint density at radius 3 is 2.63 bits per heavy atom. The highest BCUT2D eigenvalue weighted by Gasteiger charge is 2.15. The van der Waals surface area contributed by atoms with E-state index in [0.717, 1.165) is 41.7 Å². The fourth-order valence-corrected chi connectivity index (χ4v) is 2.38. The van der Waals surface area contributed by atoms with Crippen LogP contribution in [0.3, 0.4) is 0 Å². The standard InChI is InChI=1S/C15H23Cl2NO/c1-11(2)13(10-18-6-7-19-3)8-12-9-14(16)4-5-15(12)17/h4-5,9,11,13,18H,6-8,10H2,1-3H3. The minimum atomic E-state index is 0.535. The number of methoxy groups -OCH3 is 1. The molecule has 0 aromatic heterocycles. The lowest BCUT2D eigenvalue weighted by molar-refractivity contribution is 0.196. The Morgan fingerprint density at radius 1 is 1.26 bits per heavy atom. The zero-order chi connectivity index (χ0) is 14.3. The van der Waals surface area contributed by atoms with Crippen molar-refractivity contribution in [3.63, 3.8) is 0 Å². The van der Waals surface area contributed by atoms with Crippen molar-refractivity contribution >= 4 is 23.2 Å². The van der Waals surface area contributed by atoms with Crippen molar-refractivity contribution in [2.45, 2.75) is 20.3 Å². The number of benzene rings is 1. The Kier molecular flexibility index (Phi) is 7.77. The lowest BCUT2D eigenvalue weighted by Crippen LogP contribution is -2.30. The third-order valence-electron chi connectivity index (χ3n) is 3.32. The minimum Gasteiger partial charge on any atom is -0.383 e. The predicted octanol–water partition coefficient (Wildman–Crippen LogP) is 4.04. The third kappa shape index (κ3) is 6.13. The van der Waals surface area contributed by atoms with Crippen molar-refractivity contribution in [2.24, 2.45) is 11.8 Å². The number of ether oxygens (including phenoxy) is 1. The van der Waals surface area contributed by atoms with E-state index in [1.54, 1.807) is 7.11 Å². The van der Waals surface area contributed by atoms with Crippen molar-refractivity contribution in [1.82, 2.24) is 5.32 Å². The van der Waals surface area contributed by atoms with Gasteiger partial charge in [-0.2, -0.15) is 0 Å². The first-order valence-electron chi connectivity index (χ1n) is 6.68. The van der Waals surface area contributed by atoms with Gasteiger partial charge < -0.3 is 10.1 Å². The Morgan fingerprint density at radius 2 is 2.00 bits per heavy atom. The monoisotopic (exact) mass is 303 g/mol. The van der Waals surface area contributed by atoms with Gasteiger partial charge in [-0.1, -0.05) is 37.0 Å². The summed E-state index contributed by atoms with van der Waals surface area (Å²) in [4.78, 5) is 0. The molecule has 1 atom stereocenters. The van der Waals surface area contributed by atoms with Crippen LogP contribution in [0.15, 0.2) is 18.2 Å². The summed E-state index contributed by atoms with van der Waals surface area (Å²) < 4.78 is 5.04. The third-order valence-corrected chi connectivity index (χ3v) is 3.93. The van der Waals surface area contributed by atoms with Gasteiger partial charge in [-0.25, -0.2) is 0 Å². The normalized spacial score (nSPS) is 12.9. The van der Waals surface area contributed by atoms with E-state index in [0.29, 0.717) is 11.8 Å². The topological polar surface area (TPSA) is 21.3 Å². The fraction of sp³-hybridized carbons (Fsp3) is 0.600. The van der Waals surface area contributed by atoms with E-state index in [4.69, 9.17) is 27.9 Å². The molecule has 4 heteroatoms. The summed E-state index contributed by atoms with van der Waals surface area (Å²) in [7, 11) is 1.72. The Labute approximate surface area is 126 Å². The number of rotatable bonds is 8. The molecule has 0 aliphatic carbocycles. The van der Waals surface area contributed by atoms with Crippen LogP contribution >= 0.6 is 23.2 Å². The molecule has 0 aliphatic rings. The summed E-state index contributed by atoms with van der Waals surface area (Å²) in [6, 6.07) is 5.66. The van der Waals surface area contributed by atoms with Gasteiger partial charge in [0.05, 0.1) is 6.61 Å². The first-order valence-corrected chi connectivity index (χ1v) is 7.43. The van der Waals surface area contributed by atoms with Gasteiger partial charge in [-0.15, -0.1) is 0 Å². The fourth-order valence-electron chi connectivity index (χ4n) is 1.99. The van der Waals surface area contributed by atoms with Crippen molar-refractivity contribution < 1.29 is 4.74 Å². The molecule has 1 aromatic carbocycles. The van der Waals surface area contributed by atoms with Gasteiger partial charge in [-0.3, -0.25) is 0 Å². The maximum absolute atomic E-state index is 6.23. The van der Waals surface area contributed by atoms with Crippen molar-refractivity contribution in [3.05, 3.63) is 33.8 Å². The average Bonchev–Trinajstić information content (AvgIpc) is 2.37. The van der Waals surface area contributed by atoms with Gasteiger partial charge in [0.25, 0.3) is 0 Å². The SMILES string of the molecule is COCCNCC(Cc1cc(Cl)ccc1Cl)C(C)C. The second-order valence-corrected chi connectivity index (χ2v) is 5.98. The van der Waals surface area contributed by atoms with Gasteiger partial charge in [0.1, 0.15) is 0 Å². The molecule has 0 bridgehead atoms. The molecule has 0 radical (unpaired) electrons. The molecule has 108 valence electrons. The van der Waals surface area contributed by atoms with Gasteiger partial charge >= 0.3 is 0 Å². The Hall–Kier alpha value is -0.280. The molecule has 1 unspecified atom stereocenters. The number of nitrogens with one attached hydrogen (secondary N) is 1. The molecule has 0 heterocycles. The van der Waals surface area contributed by atoms with Crippen LogP contribution in [0.4, 0.5) is 0 Å². The van der Waals surface area contributed by atoms with Gasteiger partial charge in [-0.05, 0) is 48.6 Å². The van der Waals surface area contributed by atoms with E-state index in [1.165, 1.54) is 0 Å². The molecule has 0 spiro atoms. The molecule has 0 saturated heterocycles. The molecule has 1 aromatic rings. The lowest BCUT2D eigenvalue weighted by atomic mass is 9.89. The highest BCUT2D eigenvalue weighted by molar-refractivity contribution is 6.33. The van der Waals surface area contributed by atoms with E-state index >= 15 is 0 Å². The minimum absolute atomic E-state index is 0.535. The maximum Gasteiger partial charge on any atom is 0.0587 e. The number of hydrogen-bond acceptors (Lipinski definition) is 2. The van der Waals surface area contributed by atoms with Crippen LogP contribution in [0.2, 0.25) is 10.0 Å². The number of hydrogen-bond donors (Lipinski definition) is 1. The van der Waals surface area contributed by atoms with Crippen LogP contribution in [0.25, 0.3) is 0 Å². The molecule has 0 fully saturated rings. The van der Waals surface area contributed by atoms with Crippen LogP contribution in [-0.2, 0) is 11.2 Å². The molecule has 1 rings (SSSR count). The van der Waals surface area contributed by atoms with Gasteiger partial charge in [0, 0.05) is 23.7 Å². The molecule has 1 N–H and O–H groups in total. The van der Waals surface area contributed by atoms with E-state index in [2.05, 4.69) is 19.2 Å². The second kappa shape index (κ2) is 8.80. The first-order chi connectivity index (χ1) is 9.04. The average molecular weight is 304 g/mol. The number of halogens is 2. The van der Waals surface area contributed by atoms with Crippen LogP contribution in [-0.4, -0.2) is 26.8 Å². The summed E-state index contributed by atoms with van der Waals surface area (Å²) in [5.41, 5.74) is 1.13. The van der Waals surface area contributed by atoms with Crippen molar-refractivity contribution in [3.8, 4) is 0 Å². The van der Waals surface area contributed by atoms with Crippen LogP contribution < -0.4 is 5.32 Å². The van der Waals surface area contributed by atoms with E-state index in [-0.39, 0.29) is 0 Å². The van der Waals surface area contributed by atoms with E-state index in [9.17, 15) is 0 Å².